The lowest BCUT2D eigenvalue weighted by Crippen LogP contribution is -3.00. The number of para-hydroxylation sites is 2. The molecule has 2 aromatic carbocycles. The molecule has 118 valence electrons. The summed E-state index contributed by atoms with van der Waals surface area (Å²) in [6.07, 6.45) is 1.28. The summed E-state index contributed by atoms with van der Waals surface area (Å²) < 4.78 is 1.09. The van der Waals surface area contributed by atoms with Crippen molar-refractivity contribution in [1.82, 2.24) is 4.98 Å². The van der Waals surface area contributed by atoms with E-state index in [0.717, 1.165) is 15.5 Å². The van der Waals surface area contributed by atoms with Crippen LogP contribution in [0.5, 0.6) is 0 Å². The summed E-state index contributed by atoms with van der Waals surface area (Å²) in [5.41, 5.74) is 2.12. The number of pyridine rings is 1. The van der Waals surface area contributed by atoms with Crippen molar-refractivity contribution in [2.24, 2.45) is 0 Å². The van der Waals surface area contributed by atoms with Crippen LogP contribution in [0.3, 0.4) is 0 Å². The second-order valence-electron chi connectivity index (χ2n) is 6.39. The van der Waals surface area contributed by atoms with Crippen molar-refractivity contribution in [2.75, 3.05) is 27.7 Å². The normalized spacial score (nSPS) is 10.7. The zero-order chi connectivity index (χ0) is 15.3. The molecule has 2 nitrogen and oxygen atoms in total. The van der Waals surface area contributed by atoms with Crippen LogP contribution in [0.2, 0.25) is 0 Å². The van der Waals surface area contributed by atoms with Gasteiger partial charge in [0, 0.05) is 10.8 Å². The highest BCUT2D eigenvalue weighted by molar-refractivity contribution is 5.92. The van der Waals surface area contributed by atoms with Crippen molar-refractivity contribution in [3.63, 3.8) is 0 Å². The zero-order valence-electron chi connectivity index (χ0n) is 13.9. The fourth-order valence-electron chi connectivity index (χ4n) is 2.39. The van der Waals surface area contributed by atoms with Crippen LogP contribution in [-0.2, 0) is 0 Å². The minimum Gasteiger partial charge on any atom is -1.00 e. The topological polar surface area (TPSA) is 12.9 Å². The summed E-state index contributed by atoms with van der Waals surface area (Å²) >= 11 is 0. The Morgan fingerprint density at radius 2 is 1.27 bits per heavy atom. The van der Waals surface area contributed by atoms with Crippen molar-refractivity contribution in [3.05, 3.63) is 54.6 Å². The lowest BCUT2D eigenvalue weighted by molar-refractivity contribution is -0.870. The molecular weight excluding hydrogens is 336 g/mol. The quantitative estimate of drug-likeness (QED) is 0.498. The minimum atomic E-state index is 0. The third-order valence-electron chi connectivity index (χ3n) is 3.32. The molecule has 3 aromatic rings. The third kappa shape index (κ3) is 5.39. The highest BCUT2D eigenvalue weighted by Gasteiger charge is 2.01. The average Bonchev–Trinajstić information content (AvgIpc) is 2.44. The Morgan fingerprint density at radius 1 is 0.818 bits per heavy atom. The van der Waals surface area contributed by atoms with E-state index in [9.17, 15) is 0 Å². The molecule has 0 fully saturated rings. The first kappa shape index (κ1) is 18.6. The molecular formula is C19H25BrN2. The molecule has 1 heterocycles. The van der Waals surface area contributed by atoms with E-state index < -0.39 is 0 Å². The Kier molecular flexibility index (Phi) is 6.98. The predicted octanol–water partition coefficient (Wildman–Crippen LogP) is 1.49. The van der Waals surface area contributed by atoms with E-state index in [1.54, 1.807) is 0 Å². The maximum Gasteiger partial charge on any atom is 0.0777 e. The molecule has 0 radical (unpaired) electrons. The summed E-state index contributed by atoms with van der Waals surface area (Å²) in [5, 5.41) is 2.40. The maximum absolute atomic E-state index is 4.58. The second kappa shape index (κ2) is 8.25. The van der Waals surface area contributed by atoms with Crippen LogP contribution in [0.25, 0.3) is 21.8 Å². The van der Waals surface area contributed by atoms with Gasteiger partial charge in [0.15, 0.2) is 0 Å². The van der Waals surface area contributed by atoms with Gasteiger partial charge in [-0.2, -0.15) is 0 Å². The van der Waals surface area contributed by atoms with Gasteiger partial charge >= 0.3 is 0 Å². The van der Waals surface area contributed by atoms with Gasteiger partial charge in [-0.3, -0.25) is 0 Å². The summed E-state index contributed by atoms with van der Waals surface area (Å²) in [6.45, 7) is 3.49. The highest BCUT2D eigenvalue weighted by atomic mass is 79.9. The molecule has 22 heavy (non-hydrogen) atoms. The molecule has 0 saturated heterocycles. The zero-order valence-corrected chi connectivity index (χ0v) is 15.5. The van der Waals surface area contributed by atoms with Gasteiger partial charge in [0.05, 0.1) is 38.7 Å². The van der Waals surface area contributed by atoms with Crippen LogP contribution in [0.1, 0.15) is 13.3 Å². The third-order valence-corrected chi connectivity index (χ3v) is 3.32. The van der Waals surface area contributed by atoms with Crippen LogP contribution >= 0.6 is 0 Å². The van der Waals surface area contributed by atoms with Crippen molar-refractivity contribution in [2.45, 2.75) is 13.3 Å². The van der Waals surface area contributed by atoms with Gasteiger partial charge in [-0.05, 0) is 24.6 Å². The molecule has 0 unspecified atom stereocenters. The minimum absolute atomic E-state index is 0. The molecule has 0 amide bonds. The van der Waals surface area contributed by atoms with Crippen LogP contribution in [0.15, 0.2) is 54.6 Å². The van der Waals surface area contributed by atoms with Gasteiger partial charge in [0.2, 0.25) is 0 Å². The Labute approximate surface area is 144 Å². The predicted molar refractivity (Wildman–Crippen MR) is 92.4 cm³/mol. The van der Waals surface area contributed by atoms with E-state index in [1.165, 1.54) is 23.7 Å². The van der Waals surface area contributed by atoms with Crippen LogP contribution in [0, 0.1) is 0 Å². The first-order valence-electron chi connectivity index (χ1n) is 7.54. The largest absolute Gasteiger partial charge is 1.00 e. The fraction of sp³-hybridized carbons (Fsp3) is 0.316. The Hall–Kier alpha value is -1.45. The standard InChI is InChI=1S/C13H9N.C6H16N.BrH/c1-3-7-12-10(5-1)9-11-6-2-4-8-13(11)14-12;1-5-6-7(2,3)4;/h1-9H;5-6H2,1-4H3;1H/q;+1;/p-1. The molecule has 3 heteroatoms. The van der Waals surface area contributed by atoms with Gasteiger partial charge in [0.25, 0.3) is 0 Å². The summed E-state index contributed by atoms with van der Waals surface area (Å²) in [6, 6.07) is 18.6. The average molecular weight is 361 g/mol. The van der Waals surface area contributed by atoms with Crippen molar-refractivity contribution in [1.29, 1.82) is 0 Å². The molecule has 0 bridgehead atoms. The number of quaternary nitrogens is 1. The summed E-state index contributed by atoms with van der Waals surface area (Å²) in [4.78, 5) is 4.58. The Balaban J connectivity index is 0.000000264. The molecule has 0 N–H and O–H groups in total. The summed E-state index contributed by atoms with van der Waals surface area (Å²) in [5.74, 6) is 0. The SMILES string of the molecule is CCC[N+](C)(C)C.[Br-].c1ccc2nc3ccccc3cc2c1. The first-order valence-corrected chi connectivity index (χ1v) is 7.54. The van der Waals surface area contributed by atoms with Crippen LogP contribution in [0.4, 0.5) is 0 Å². The Morgan fingerprint density at radius 3 is 1.64 bits per heavy atom. The first-order chi connectivity index (χ1) is 9.99. The lowest BCUT2D eigenvalue weighted by Gasteiger charge is -2.22. The molecule has 0 saturated carbocycles. The summed E-state index contributed by atoms with van der Waals surface area (Å²) in [7, 11) is 6.64. The lowest BCUT2D eigenvalue weighted by atomic mass is 10.1. The number of hydrogen-bond acceptors (Lipinski definition) is 1. The van der Waals surface area contributed by atoms with Crippen molar-refractivity contribution in [3.8, 4) is 0 Å². The van der Waals surface area contributed by atoms with Gasteiger partial charge in [-0.1, -0.05) is 43.3 Å². The number of fused-ring (bicyclic) bond motifs is 2. The van der Waals surface area contributed by atoms with Gasteiger partial charge < -0.3 is 21.5 Å². The number of nitrogens with zero attached hydrogens (tertiary/aromatic N) is 2. The molecule has 0 aliphatic rings. The van der Waals surface area contributed by atoms with Gasteiger partial charge in [0.1, 0.15) is 0 Å². The van der Waals surface area contributed by atoms with E-state index in [4.69, 9.17) is 0 Å². The van der Waals surface area contributed by atoms with E-state index in [2.05, 4.69) is 51.2 Å². The fourth-order valence-corrected chi connectivity index (χ4v) is 2.39. The highest BCUT2D eigenvalue weighted by Crippen LogP contribution is 2.18. The molecule has 0 aliphatic carbocycles. The van der Waals surface area contributed by atoms with E-state index in [-0.39, 0.29) is 17.0 Å². The number of halogens is 1. The number of benzene rings is 2. The van der Waals surface area contributed by atoms with Gasteiger partial charge in [-0.15, -0.1) is 0 Å². The number of aromatic nitrogens is 1. The van der Waals surface area contributed by atoms with E-state index in [0.29, 0.717) is 0 Å². The monoisotopic (exact) mass is 360 g/mol. The number of hydrogen-bond donors (Lipinski definition) is 0. The molecule has 1 aromatic heterocycles. The molecule has 0 atom stereocenters. The molecule has 0 aliphatic heterocycles. The molecule has 0 spiro atoms. The van der Waals surface area contributed by atoms with Crippen LogP contribution < -0.4 is 17.0 Å². The maximum atomic E-state index is 4.58. The Bertz CT molecular complexity index is 612. The van der Waals surface area contributed by atoms with Crippen molar-refractivity contribution >= 4 is 21.8 Å². The van der Waals surface area contributed by atoms with Gasteiger partial charge in [-0.25, -0.2) is 4.98 Å². The number of rotatable bonds is 2. The van der Waals surface area contributed by atoms with E-state index >= 15 is 0 Å². The molecule has 3 rings (SSSR count). The van der Waals surface area contributed by atoms with E-state index in [1.807, 2.05) is 36.4 Å². The van der Waals surface area contributed by atoms with Crippen LogP contribution in [-0.4, -0.2) is 37.2 Å². The smallest absolute Gasteiger partial charge is 0.0777 e. The second-order valence-corrected chi connectivity index (χ2v) is 6.39. The van der Waals surface area contributed by atoms with Crippen molar-refractivity contribution < 1.29 is 21.5 Å².